The summed E-state index contributed by atoms with van der Waals surface area (Å²) in [5.74, 6) is -0.949. The van der Waals surface area contributed by atoms with Crippen molar-refractivity contribution in [2.45, 2.75) is 6.92 Å². The van der Waals surface area contributed by atoms with Gasteiger partial charge in [-0.25, -0.2) is 9.48 Å². The molecule has 78 valence electrons. The molecule has 0 amide bonds. The maximum atomic E-state index is 10.8. The van der Waals surface area contributed by atoms with Crippen LogP contribution in [0.5, 0.6) is 0 Å². The quantitative estimate of drug-likeness (QED) is 0.801. The summed E-state index contributed by atoms with van der Waals surface area (Å²) >= 11 is 0. The minimum Gasteiger partial charge on any atom is -0.478 e. The molecule has 1 N–H and O–H groups in total. The molecule has 2 aromatic rings. The Bertz CT molecular complexity index is 510. The summed E-state index contributed by atoms with van der Waals surface area (Å²) in [5.41, 5.74) is 1.73. The fourth-order valence-electron chi connectivity index (χ4n) is 1.49. The largest absolute Gasteiger partial charge is 0.478 e. The molecule has 0 aliphatic heterocycles. The van der Waals surface area contributed by atoms with Crippen LogP contribution in [0.15, 0.2) is 24.7 Å². The Morgan fingerprint density at radius 2 is 2.27 bits per heavy atom. The van der Waals surface area contributed by atoms with Crippen molar-refractivity contribution in [1.29, 1.82) is 0 Å². The number of aromatic nitrogens is 3. The Hall–Kier alpha value is -2.04. The Labute approximate surface area is 86.6 Å². The van der Waals surface area contributed by atoms with Gasteiger partial charge in [-0.05, 0) is 13.0 Å². The van der Waals surface area contributed by atoms with Gasteiger partial charge >= 0.3 is 5.97 Å². The Kier molecular flexibility index (Phi) is 2.07. The molecule has 0 aromatic carbocycles. The first-order valence-corrected chi connectivity index (χ1v) is 4.50. The minimum atomic E-state index is -0.949. The SMILES string of the molecule is Cc1c(C(=O)O)cnn1-c1ccn(C)c1. The molecular formula is C10H11N3O2. The maximum absolute atomic E-state index is 10.8. The Morgan fingerprint density at radius 1 is 1.53 bits per heavy atom. The lowest BCUT2D eigenvalue weighted by Gasteiger charge is -2.00. The summed E-state index contributed by atoms with van der Waals surface area (Å²) in [5, 5.41) is 12.9. The van der Waals surface area contributed by atoms with Crippen LogP contribution in [0.3, 0.4) is 0 Å². The highest BCUT2D eigenvalue weighted by molar-refractivity contribution is 5.88. The first kappa shape index (κ1) is 9.51. The van der Waals surface area contributed by atoms with Crippen molar-refractivity contribution < 1.29 is 9.90 Å². The van der Waals surface area contributed by atoms with Crippen LogP contribution < -0.4 is 0 Å². The van der Waals surface area contributed by atoms with Gasteiger partial charge in [0, 0.05) is 19.4 Å². The van der Waals surface area contributed by atoms with Gasteiger partial charge < -0.3 is 9.67 Å². The van der Waals surface area contributed by atoms with Crippen molar-refractivity contribution in [3.63, 3.8) is 0 Å². The number of aryl methyl sites for hydroxylation is 1. The van der Waals surface area contributed by atoms with Crippen molar-refractivity contribution in [2.24, 2.45) is 7.05 Å². The van der Waals surface area contributed by atoms with E-state index in [-0.39, 0.29) is 5.56 Å². The van der Waals surface area contributed by atoms with Gasteiger partial charge in [-0.3, -0.25) is 0 Å². The van der Waals surface area contributed by atoms with Crippen LogP contribution in [0.25, 0.3) is 5.69 Å². The highest BCUT2D eigenvalue weighted by Crippen LogP contribution is 2.13. The number of hydrogen-bond donors (Lipinski definition) is 1. The number of carbonyl (C=O) groups is 1. The zero-order valence-corrected chi connectivity index (χ0v) is 8.51. The normalized spacial score (nSPS) is 10.5. The third-order valence-corrected chi connectivity index (χ3v) is 2.30. The summed E-state index contributed by atoms with van der Waals surface area (Å²) in [4.78, 5) is 10.8. The lowest BCUT2D eigenvalue weighted by atomic mass is 10.3. The van der Waals surface area contributed by atoms with Crippen LogP contribution in [-0.4, -0.2) is 25.4 Å². The zero-order valence-electron chi connectivity index (χ0n) is 8.51. The van der Waals surface area contributed by atoms with Crippen LogP contribution in [-0.2, 0) is 7.05 Å². The first-order chi connectivity index (χ1) is 7.09. The second-order valence-corrected chi connectivity index (χ2v) is 3.40. The third-order valence-electron chi connectivity index (χ3n) is 2.30. The first-order valence-electron chi connectivity index (χ1n) is 4.50. The molecule has 0 saturated carbocycles. The van der Waals surface area contributed by atoms with E-state index in [2.05, 4.69) is 5.10 Å². The van der Waals surface area contributed by atoms with E-state index in [0.29, 0.717) is 5.69 Å². The smallest absolute Gasteiger partial charge is 0.339 e. The molecule has 15 heavy (non-hydrogen) atoms. The van der Waals surface area contributed by atoms with Crippen molar-refractivity contribution in [1.82, 2.24) is 14.3 Å². The molecular weight excluding hydrogens is 194 g/mol. The average molecular weight is 205 g/mol. The monoisotopic (exact) mass is 205 g/mol. The van der Waals surface area contributed by atoms with Crippen LogP contribution in [0.1, 0.15) is 16.1 Å². The second kappa shape index (κ2) is 3.27. The van der Waals surface area contributed by atoms with Gasteiger partial charge in [0.05, 0.1) is 17.6 Å². The van der Waals surface area contributed by atoms with Gasteiger partial charge in [0.15, 0.2) is 0 Å². The predicted molar refractivity (Wildman–Crippen MR) is 54.2 cm³/mol. The maximum Gasteiger partial charge on any atom is 0.339 e. The van der Waals surface area contributed by atoms with E-state index in [0.717, 1.165) is 5.69 Å². The molecule has 0 bridgehead atoms. The van der Waals surface area contributed by atoms with E-state index in [9.17, 15) is 4.79 Å². The molecule has 0 unspecified atom stereocenters. The summed E-state index contributed by atoms with van der Waals surface area (Å²) in [6.45, 7) is 1.74. The Balaban J connectivity index is 2.50. The lowest BCUT2D eigenvalue weighted by Crippen LogP contribution is -2.01. The van der Waals surface area contributed by atoms with E-state index in [1.807, 2.05) is 30.1 Å². The molecule has 2 aromatic heterocycles. The molecule has 2 rings (SSSR count). The average Bonchev–Trinajstić information content (AvgIpc) is 2.71. The summed E-state index contributed by atoms with van der Waals surface area (Å²) in [7, 11) is 1.90. The number of nitrogens with zero attached hydrogens (tertiary/aromatic N) is 3. The van der Waals surface area contributed by atoms with Gasteiger partial charge in [-0.15, -0.1) is 0 Å². The molecule has 0 aliphatic rings. The molecule has 0 aliphatic carbocycles. The molecule has 5 heteroatoms. The molecule has 5 nitrogen and oxygen atoms in total. The zero-order chi connectivity index (χ0) is 11.0. The fourth-order valence-corrected chi connectivity index (χ4v) is 1.49. The van der Waals surface area contributed by atoms with Crippen molar-refractivity contribution in [3.05, 3.63) is 35.9 Å². The fraction of sp³-hybridized carbons (Fsp3) is 0.200. The topological polar surface area (TPSA) is 60.0 Å². The predicted octanol–water partition coefficient (Wildman–Crippen LogP) is 1.22. The highest BCUT2D eigenvalue weighted by Gasteiger charge is 2.13. The summed E-state index contributed by atoms with van der Waals surface area (Å²) < 4.78 is 3.50. The third kappa shape index (κ3) is 1.52. The van der Waals surface area contributed by atoms with Gasteiger partial charge in [0.1, 0.15) is 5.56 Å². The van der Waals surface area contributed by atoms with Gasteiger partial charge in [0.2, 0.25) is 0 Å². The lowest BCUT2D eigenvalue weighted by molar-refractivity contribution is 0.0696. The number of aromatic carboxylic acids is 1. The van der Waals surface area contributed by atoms with Crippen LogP contribution >= 0.6 is 0 Å². The van der Waals surface area contributed by atoms with Crippen molar-refractivity contribution in [3.8, 4) is 5.69 Å². The van der Waals surface area contributed by atoms with Crippen molar-refractivity contribution >= 4 is 5.97 Å². The van der Waals surface area contributed by atoms with E-state index >= 15 is 0 Å². The summed E-state index contributed by atoms with van der Waals surface area (Å²) in [6.07, 6.45) is 5.13. The Morgan fingerprint density at radius 3 is 2.73 bits per heavy atom. The van der Waals surface area contributed by atoms with E-state index < -0.39 is 5.97 Å². The van der Waals surface area contributed by atoms with Crippen LogP contribution in [0.2, 0.25) is 0 Å². The second-order valence-electron chi connectivity index (χ2n) is 3.40. The minimum absolute atomic E-state index is 0.235. The van der Waals surface area contributed by atoms with Crippen LogP contribution in [0, 0.1) is 6.92 Å². The molecule has 0 atom stereocenters. The van der Waals surface area contributed by atoms with E-state index in [1.54, 1.807) is 11.6 Å². The summed E-state index contributed by atoms with van der Waals surface area (Å²) in [6, 6.07) is 1.88. The molecule has 0 saturated heterocycles. The highest BCUT2D eigenvalue weighted by atomic mass is 16.4. The molecule has 0 fully saturated rings. The molecule has 0 radical (unpaired) electrons. The van der Waals surface area contributed by atoms with Gasteiger partial charge in [-0.1, -0.05) is 0 Å². The number of hydrogen-bond acceptors (Lipinski definition) is 2. The molecule has 0 spiro atoms. The van der Waals surface area contributed by atoms with Crippen LogP contribution in [0.4, 0.5) is 0 Å². The number of carboxylic acids is 1. The van der Waals surface area contributed by atoms with E-state index in [1.165, 1.54) is 6.20 Å². The van der Waals surface area contributed by atoms with E-state index in [4.69, 9.17) is 5.11 Å². The van der Waals surface area contributed by atoms with Crippen molar-refractivity contribution in [2.75, 3.05) is 0 Å². The van der Waals surface area contributed by atoms with Gasteiger partial charge in [0.25, 0.3) is 0 Å². The number of rotatable bonds is 2. The van der Waals surface area contributed by atoms with Gasteiger partial charge in [-0.2, -0.15) is 5.10 Å². The molecule has 2 heterocycles. The number of carboxylic acid groups (broad SMARTS) is 1. The standard InChI is InChI=1S/C10H11N3O2/c1-7-9(10(14)15)5-11-13(7)8-3-4-12(2)6-8/h3-6H,1-2H3,(H,14,15).